The number of quaternary nitrogens is 1. The van der Waals surface area contributed by atoms with Crippen LogP contribution in [0.5, 0.6) is 0 Å². The number of unbranched alkanes of at least 4 members (excludes halogenated alkanes) is 16. The Kier molecular flexibility index (Phi) is 24.7. The van der Waals surface area contributed by atoms with E-state index < -0.39 is 45.2 Å². The van der Waals surface area contributed by atoms with Crippen molar-refractivity contribution < 1.29 is 47.5 Å². The minimum atomic E-state index is -4.40. The lowest BCUT2D eigenvalue weighted by Gasteiger charge is -2.24. The van der Waals surface area contributed by atoms with Crippen LogP contribution in [0.1, 0.15) is 173 Å². The summed E-state index contributed by atoms with van der Waals surface area (Å²) in [5.41, 5.74) is 0. The number of rotatable bonds is 34. The third-order valence-corrected chi connectivity index (χ3v) is 8.77. The minimum Gasteiger partial charge on any atom is -0.462 e. The molecule has 0 aliphatic carbocycles. The molecule has 0 amide bonds. The van der Waals surface area contributed by atoms with E-state index >= 15 is 0 Å². The van der Waals surface area contributed by atoms with Crippen molar-refractivity contribution in [3.8, 4) is 0 Å². The molecule has 0 saturated carbocycles. The van der Waals surface area contributed by atoms with Crippen LogP contribution >= 0.6 is 7.82 Å². The summed E-state index contributed by atoms with van der Waals surface area (Å²) in [6.45, 7) is 3.03. The summed E-state index contributed by atoms with van der Waals surface area (Å²) in [5, 5.41) is 0. The Morgan fingerprint density at radius 1 is 0.630 bits per heavy atom. The van der Waals surface area contributed by atoms with E-state index in [2.05, 4.69) is 0 Å². The fourth-order valence-corrected chi connectivity index (χ4v) is 5.62. The maximum atomic E-state index is 12.6. The van der Waals surface area contributed by atoms with Gasteiger partial charge < -0.3 is 18.9 Å². The molecule has 274 valence electrons. The molecule has 0 rings (SSSR count). The highest BCUT2D eigenvalue weighted by Crippen LogP contribution is 2.43. The van der Waals surface area contributed by atoms with Crippen molar-refractivity contribution in [3.05, 3.63) is 0 Å². The van der Waals surface area contributed by atoms with Gasteiger partial charge in [0.25, 0.3) is 0 Å². The quantitative estimate of drug-likeness (QED) is 0.0309. The number of hydrogen-bond donors (Lipinski definition) is 1. The van der Waals surface area contributed by atoms with Crippen LogP contribution in [-0.2, 0) is 32.7 Å². The van der Waals surface area contributed by atoms with E-state index in [9.17, 15) is 19.0 Å². The molecule has 0 bridgehead atoms. The fraction of sp³-hybridized carbons (Fsp3) is 0.944. The number of carbonyl (C=O) groups excluding carboxylic acids is 2. The summed E-state index contributed by atoms with van der Waals surface area (Å²) >= 11 is 0. The van der Waals surface area contributed by atoms with Crippen molar-refractivity contribution in [2.24, 2.45) is 0 Å². The van der Waals surface area contributed by atoms with Crippen molar-refractivity contribution in [1.29, 1.82) is 0 Å². The Morgan fingerprint density at radius 3 is 1.43 bits per heavy atom. The Bertz CT molecular complexity index is 925. The number of phosphoric ester groups is 1. The molecule has 0 aromatic heterocycles. The molecule has 1 N–H and O–H groups in total. The number of carbonyl (C=O) groups is 2. The molecule has 2 atom stereocenters. The molecule has 0 aromatic rings. The van der Waals surface area contributed by atoms with Gasteiger partial charge in [-0.1, -0.05) is 142 Å². The van der Waals surface area contributed by atoms with Gasteiger partial charge in [0, 0.05) is 18.3 Å². The van der Waals surface area contributed by atoms with Gasteiger partial charge >= 0.3 is 19.8 Å². The Balaban J connectivity index is 4.43. The van der Waals surface area contributed by atoms with Crippen LogP contribution in [0.2, 0.25) is 0 Å². The van der Waals surface area contributed by atoms with E-state index in [0.29, 0.717) is 36.7 Å². The van der Waals surface area contributed by atoms with Gasteiger partial charge in [-0.15, -0.1) is 0 Å². The zero-order valence-corrected chi connectivity index (χ0v) is 31.1. The second kappa shape index (κ2) is 30.1. The number of ether oxygens (including phenoxy) is 2. The summed E-state index contributed by atoms with van der Waals surface area (Å²) in [7, 11) is 1.39. The summed E-state index contributed by atoms with van der Waals surface area (Å²) in [5.74, 6) is -0.894. The summed E-state index contributed by atoms with van der Waals surface area (Å²) < 4.78 is 64.3. The van der Waals surface area contributed by atoms with E-state index in [1.165, 1.54) is 0 Å². The summed E-state index contributed by atoms with van der Waals surface area (Å²) in [4.78, 5) is 35.1. The Labute approximate surface area is 288 Å². The van der Waals surface area contributed by atoms with E-state index in [1.54, 1.807) is 13.8 Å². The summed E-state index contributed by atoms with van der Waals surface area (Å²) in [6.07, 6.45) is 16.5. The van der Waals surface area contributed by atoms with Gasteiger partial charge in [-0.25, -0.2) is 4.57 Å². The average Bonchev–Trinajstić information content (AvgIpc) is 2.98. The highest BCUT2D eigenvalue weighted by atomic mass is 31.2. The molecule has 0 heterocycles. The number of likely N-dealkylation sites (N-methyl/N-ethyl adjacent to an activating group) is 1. The normalized spacial score (nSPS) is 15.7. The number of phosphoric acid groups is 1. The van der Waals surface area contributed by atoms with Crippen LogP contribution in [-0.4, -0.2) is 74.9 Å². The first kappa shape index (κ1) is 37.8. The number of nitrogens with zero attached hydrogens (tertiary/aromatic N) is 1. The largest absolute Gasteiger partial charge is 0.472 e. The molecule has 0 fully saturated rings. The lowest BCUT2D eigenvalue weighted by Crippen LogP contribution is -2.37. The van der Waals surface area contributed by atoms with E-state index in [1.807, 2.05) is 21.1 Å². The predicted molar refractivity (Wildman–Crippen MR) is 188 cm³/mol. The van der Waals surface area contributed by atoms with Gasteiger partial charge in [0.1, 0.15) is 19.8 Å². The summed E-state index contributed by atoms with van der Waals surface area (Å²) in [6, 6.07) is 0. The van der Waals surface area contributed by atoms with Gasteiger partial charge in [0.15, 0.2) is 6.10 Å². The molecule has 10 heteroatoms. The molecular weight excluding hydrogens is 605 g/mol. The first-order chi connectivity index (χ1) is 23.3. The van der Waals surface area contributed by atoms with E-state index in [0.717, 1.165) is 103 Å². The molecular formula is C36H73NO8P+. The van der Waals surface area contributed by atoms with Crippen molar-refractivity contribution in [1.82, 2.24) is 0 Å². The van der Waals surface area contributed by atoms with Gasteiger partial charge in [0.05, 0.1) is 27.7 Å². The maximum absolute atomic E-state index is 12.6. The van der Waals surface area contributed by atoms with Crippen LogP contribution in [0.3, 0.4) is 0 Å². The van der Waals surface area contributed by atoms with Crippen LogP contribution in [0, 0.1) is 0 Å². The first-order valence-electron chi connectivity index (χ1n) is 20.1. The number of hydrogen-bond acceptors (Lipinski definition) is 7. The third kappa shape index (κ3) is 32.9. The van der Waals surface area contributed by atoms with Crippen molar-refractivity contribution in [3.63, 3.8) is 0 Å². The number of esters is 2. The molecule has 0 saturated heterocycles. The molecule has 0 aliphatic heterocycles. The van der Waals surface area contributed by atoms with Gasteiger partial charge in [-0.05, 0) is 12.8 Å². The van der Waals surface area contributed by atoms with Crippen LogP contribution in [0.15, 0.2) is 0 Å². The highest BCUT2D eigenvalue weighted by molar-refractivity contribution is 7.47. The van der Waals surface area contributed by atoms with Crippen molar-refractivity contribution >= 4 is 19.8 Å². The third-order valence-electron chi connectivity index (χ3n) is 7.78. The van der Waals surface area contributed by atoms with E-state index in [4.69, 9.17) is 24.0 Å². The van der Waals surface area contributed by atoms with Crippen LogP contribution < -0.4 is 0 Å². The smallest absolute Gasteiger partial charge is 0.462 e. The molecule has 46 heavy (non-hydrogen) atoms. The average molecular weight is 683 g/mol. The minimum absolute atomic E-state index is 0.00710. The Morgan fingerprint density at radius 2 is 1.02 bits per heavy atom. The second-order valence-electron chi connectivity index (χ2n) is 13.5. The van der Waals surface area contributed by atoms with Crippen LogP contribution in [0.4, 0.5) is 0 Å². The SMILES string of the molecule is [2H]C([2H])(C)CCCCCCCCCCCC(=O)OC[C@H](COP(=O)(O)OCC[N+](C)(C)C)OC(=O)CCCCCCCCCCCC([2H])([2H])C. The van der Waals surface area contributed by atoms with Crippen molar-refractivity contribution in [2.75, 3.05) is 47.5 Å². The van der Waals surface area contributed by atoms with Gasteiger partial charge in [-0.2, -0.15) is 0 Å². The second-order valence-corrected chi connectivity index (χ2v) is 14.9. The van der Waals surface area contributed by atoms with Gasteiger partial charge in [-0.3, -0.25) is 18.6 Å². The Hall–Kier alpha value is -0.990. The standard InChI is InChI=1S/C36H72NO8P/c1-6-8-10-12-14-16-18-20-22-24-26-28-35(38)42-32-34(33-44-46(40,41)43-31-30-37(3,4)5)45-36(39)29-27-25-23-21-19-17-15-13-11-9-7-2/h34H,6-33H2,1-5H3/p+1/t34-/m1/s1/i6D2,7D2. The fourth-order valence-electron chi connectivity index (χ4n) is 4.88. The van der Waals surface area contributed by atoms with E-state index in [-0.39, 0.29) is 26.1 Å². The lowest BCUT2D eigenvalue weighted by molar-refractivity contribution is -0.870. The zero-order chi connectivity index (χ0) is 37.9. The van der Waals surface area contributed by atoms with Gasteiger partial charge in [0.2, 0.25) is 0 Å². The molecule has 0 aliphatic rings. The molecule has 0 radical (unpaired) electrons. The molecule has 1 unspecified atom stereocenters. The molecule has 0 spiro atoms. The monoisotopic (exact) mass is 683 g/mol. The predicted octanol–water partition coefficient (Wildman–Crippen LogP) is 9.68. The molecule has 9 nitrogen and oxygen atoms in total. The lowest BCUT2D eigenvalue weighted by atomic mass is 10.1. The topological polar surface area (TPSA) is 108 Å². The van der Waals surface area contributed by atoms with Crippen LogP contribution in [0.25, 0.3) is 0 Å². The zero-order valence-electron chi connectivity index (χ0n) is 34.2. The molecule has 0 aromatic carbocycles. The first-order valence-corrected chi connectivity index (χ1v) is 19.5. The maximum Gasteiger partial charge on any atom is 0.472 e. The van der Waals surface area contributed by atoms with Crippen molar-refractivity contribution in [2.45, 2.75) is 174 Å². The highest BCUT2D eigenvalue weighted by Gasteiger charge is 2.27.